The number of allylic oxidation sites excluding steroid dienone is 1. The van der Waals surface area contributed by atoms with Crippen molar-refractivity contribution in [3.63, 3.8) is 0 Å². The summed E-state index contributed by atoms with van der Waals surface area (Å²) in [5.41, 5.74) is -0.770. The van der Waals surface area contributed by atoms with E-state index in [-0.39, 0.29) is 42.8 Å². The Hall–Kier alpha value is -3.22. The van der Waals surface area contributed by atoms with Crippen LogP contribution in [0.15, 0.2) is 49.6 Å². The lowest BCUT2D eigenvalue weighted by atomic mass is 9.70. The summed E-state index contributed by atoms with van der Waals surface area (Å²) in [5, 5.41) is 13.2. The smallest absolute Gasteiger partial charge is 0.312 e. The molecule has 2 N–H and O–H groups in total. The zero-order valence-electron chi connectivity index (χ0n) is 26.3. The number of esters is 1. The maximum Gasteiger partial charge on any atom is 0.312 e. The molecule has 2 bridgehead atoms. The minimum absolute atomic E-state index is 0.104. The summed E-state index contributed by atoms with van der Waals surface area (Å²) in [7, 11) is 1.55. The molecular formula is C33H44BrN3O8. The van der Waals surface area contributed by atoms with Crippen molar-refractivity contribution in [1.29, 1.82) is 0 Å². The second-order valence-electron chi connectivity index (χ2n) is 12.2. The van der Waals surface area contributed by atoms with Gasteiger partial charge in [0.05, 0.1) is 44.2 Å². The number of amides is 3. The number of aliphatic hydroxyl groups excluding tert-OH is 1. The quantitative estimate of drug-likeness (QED) is 0.163. The van der Waals surface area contributed by atoms with Gasteiger partial charge in [-0.2, -0.15) is 0 Å². The number of hydrogen-bond donors (Lipinski definition) is 2. The molecule has 0 saturated carbocycles. The molecule has 0 aliphatic carbocycles. The zero-order valence-corrected chi connectivity index (χ0v) is 27.9. The topological polar surface area (TPSA) is 135 Å². The number of fused-ring (bicyclic) bond motifs is 1. The number of benzene rings is 1. The largest absolute Gasteiger partial charge is 0.497 e. The summed E-state index contributed by atoms with van der Waals surface area (Å²) in [6.07, 6.45) is 2.99. The minimum atomic E-state index is -1.34. The van der Waals surface area contributed by atoms with Gasteiger partial charge in [0.2, 0.25) is 11.8 Å². The number of ether oxygens (including phenoxy) is 3. The maximum atomic E-state index is 14.7. The van der Waals surface area contributed by atoms with Crippen LogP contribution < -0.4 is 15.0 Å². The van der Waals surface area contributed by atoms with Gasteiger partial charge >= 0.3 is 5.97 Å². The van der Waals surface area contributed by atoms with Crippen LogP contribution in [0.2, 0.25) is 0 Å². The van der Waals surface area contributed by atoms with Gasteiger partial charge in [0, 0.05) is 23.5 Å². The van der Waals surface area contributed by atoms with Crippen LogP contribution in [-0.4, -0.2) is 95.2 Å². The summed E-state index contributed by atoms with van der Waals surface area (Å²) < 4.78 is 17.7. The molecule has 0 aromatic heterocycles. The van der Waals surface area contributed by atoms with Crippen LogP contribution in [0, 0.1) is 17.8 Å². The van der Waals surface area contributed by atoms with Gasteiger partial charge in [-0.1, -0.05) is 41.9 Å². The Bertz CT molecular complexity index is 1290. The number of methoxy groups -OCH3 is 1. The third-order valence-corrected chi connectivity index (χ3v) is 9.83. The van der Waals surface area contributed by atoms with Crippen molar-refractivity contribution in [3.05, 3.63) is 49.6 Å². The molecule has 11 nitrogen and oxygen atoms in total. The lowest BCUT2D eigenvalue weighted by Gasteiger charge is -2.40. The van der Waals surface area contributed by atoms with Gasteiger partial charge in [-0.25, -0.2) is 0 Å². The van der Waals surface area contributed by atoms with Crippen molar-refractivity contribution in [3.8, 4) is 5.75 Å². The first-order chi connectivity index (χ1) is 21.4. The molecule has 1 aromatic carbocycles. The van der Waals surface area contributed by atoms with Gasteiger partial charge in [-0.3, -0.25) is 19.2 Å². The molecule has 246 valence electrons. The number of alkyl halides is 1. The van der Waals surface area contributed by atoms with Crippen molar-refractivity contribution in [2.45, 2.75) is 74.8 Å². The van der Waals surface area contributed by atoms with Crippen LogP contribution >= 0.6 is 15.9 Å². The fraction of sp³-hybridized carbons (Fsp3) is 0.576. The molecule has 3 fully saturated rings. The minimum Gasteiger partial charge on any atom is -0.497 e. The Labute approximate surface area is 273 Å². The number of carbonyl (C=O) groups excluding carboxylic acids is 4. The fourth-order valence-corrected chi connectivity index (χ4v) is 7.80. The average Bonchev–Trinajstić information content (AvgIpc) is 3.61. The highest BCUT2D eigenvalue weighted by molar-refractivity contribution is 9.09. The van der Waals surface area contributed by atoms with Crippen LogP contribution in [-0.2, 0) is 28.7 Å². The second kappa shape index (κ2) is 14.5. The number of nitrogens with one attached hydrogen (secondary N) is 1. The van der Waals surface area contributed by atoms with Crippen LogP contribution in [0.4, 0.5) is 5.69 Å². The van der Waals surface area contributed by atoms with Crippen molar-refractivity contribution >= 4 is 45.3 Å². The van der Waals surface area contributed by atoms with E-state index in [9.17, 15) is 24.3 Å². The van der Waals surface area contributed by atoms with Gasteiger partial charge < -0.3 is 34.4 Å². The van der Waals surface area contributed by atoms with Gasteiger partial charge in [0.15, 0.2) is 0 Å². The molecule has 1 aromatic rings. The molecule has 3 aliphatic rings. The van der Waals surface area contributed by atoms with Gasteiger partial charge in [-0.15, -0.1) is 13.2 Å². The number of halogens is 1. The van der Waals surface area contributed by atoms with Crippen molar-refractivity contribution in [2.75, 3.05) is 31.7 Å². The van der Waals surface area contributed by atoms with Crippen LogP contribution in [0.5, 0.6) is 5.75 Å². The number of hydrogen-bond acceptors (Lipinski definition) is 8. The van der Waals surface area contributed by atoms with E-state index < -0.39 is 59.5 Å². The van der Waals surface area contributed by atoms with Gasteiger partial charge in [0.25, 0.3) is 5.91 Å². The summed E-state index contributed by atoms with van der Waals surface area (Å²) in [6, 6.07) is 5.15. The molecule has 0 radical (unpaired) electrons. The highest BCUT2D eigenvalue weighted by atomic mass is 79.9. The Kier molecular flexibility index (Phi) is 11.1. The summed E-state index contributed by atoms with van der Waals surface area (Å²) in [4.78, 5) is 57.7. The number of nitrogens with zero attached hydrogens (tertiary/aromatic N) is 2. The average molecular weight is 691 g/mol. The number of aliphatic hydroxyl groups is 1. The van der Waals surface area contributed by atoms with Crippen LogP contribution in [0.25, 0.3) is 0 Å². The molecule has 3 heterocycles. The Morgan fingerprint density at radius 1 is 1.22 bits per heavy atom. The second-order valence-corrected chi connectivity index (χ2v) is 13.4. The maximum absolute atomic E-state index is 14.7. The molecule has 45 heavy (non-hydrogen) atoms. The third-order valence-electron chi connectivity index (χ3n) is 8.99. The molecular weight excluding hydrogens is 646 g/mol. The lowest BCUT2D eigenvalue weighted by Crippen LogP contribution is -2.60. The van der Waals surface area contributed by atoms with Crippen molar-refractivity contribution in [2.24, 2.45) is 17.8 Å². The summed E-state index contributed by atoms with van der Waals surface area (Å²) in [5.74, 6) is -3.22. The fourth-order valence-electron chi connectivity index (χ4n) is 6.85. The zero-order chi connectivity index (χ0) is 33.1. The SMILES string of the molecule is C=CCCC(=O)NC[C@H](C)OC(=O)[C@H]1[C@@H]2O[C@@]3(CC2Br)[C@@H]1C(=O)N([C@@H](CO)C(C)C)[C@@H]3C(=O)N(CC=C)c1ccc(OC)cc1. The lowest BCUT2D eigenvalue weighted by molar-refractivity contribution is -0.159. The molecule has 1 unspecified atom stereocenters. The first-order valence-electron chi connectivity index (χ1n) is 15.3. The number of likely N-dealkylation sites (tertiary alicyclic amines) is 1. The Morgan fingerprint density at radius 2 is 1.91 bits per heavy atom. The molecule has 12 heteroatoms. The first kappa shape index (κ1) is 34.6. The van der Waals surface area contributed by atoms with E-state index in [4.69, 9.17) is 14.2 Å². The predicted octanol–water partition coefficient (Wildman–Crippen LogP) is 2.99. The van der Waals surface area contributed by atoms with E-state index in [1.165, 1.54) is 9.80 Å². The Balaban J connectivity index is 1.69. The molecule has 4 rings (SSSR count). The van der Waals surface area contributed by atoms with Gasteiger partial charge in [-0.05, 0) is 49.9 Å². The molecule has 3 amide bonds. The third kappa shape index (κ3) is 6.55. The standard InChI is InChI=1S/C33H44BrN3O8/c1-7-9-10-25(39)35-17-20(5)44-32(42)26-27-30(40)37(24(18-38)19(3)4)29(33(27)16-23(34)28(26)45-33)31(41)36(15-8-2)21-11-13-22(43-6)14-12-21/h7-8,11-14,19-20,23-24,26-29,38H,1-2,9-10,15-18H2,3-6H3,(H,35,39)/t20-,23?,24-,26+,27-,28+,29+,33-/m0/s1. The molecule has 3 saturated heterocycles. The number of anilines is 1. The van der Waals surface area contributed by atoms with E-state index in [1.54, 1.807) is 50.5 Å². The highest BCUT2D eigenvalue weighted by Gasteiger charge is 2.77. The van der Waals surface area contributed by atoms with Crippen molar-refractivity contribution < 1.29 is 38.5 Å². The summed E-state index contributed by atoms with van der Waals surface area (Å²) in [6.45, 7) is 12.7. The molecule has 1 spiro atoms. The van der Waals surface area contributed by atoms with E-state index in [0.717, 1.165) is 0 Å². The van der Waals surface area contributed by atoms with E-state index >= 15 is 0 Å². The van der Waals surface area contributed by atoms with E-state index in [2.05, 4.69) is 34.4 Å². The van der Waals surface area contributed by atoms with E-state index in [1.807, 2.05) is 13.8 Å². The van der Waals surface area contributed by atoms with Crippen molar-refractivity contribution in [1.82, 2.24) is 10.2 Å². The van der Waals surface area contributed by atoms with Crippen LogP contribution in [0.1, 0.15) is 40.0 Å². The van der Waals surface area contributed by atoms with Gasteiger partial charge in [0.1, 0.15) is 23.5 Å². The monoisotopic (exact) mass is 689 g/mol. The Morgan fingerprint density at radius 3 is 2.49 bits per heavy atom. The molecule has 8 atom stereocenters. The van der Waals surface area contributed by atoms with E-state index in [0.29, 0.717) is 24.3 Å². The highest BCUT2D eigenvalue weighted by Crippen LogP contribution is 2.61. The normalized spacial score (nSPS) is 27.9. The summed E-state index contributed by atoms with van der Waals surface area (Å²) >= 11 is 3.67. The van der Waals surface area contributed by atoms with Crippen LogP contribution in [0.3, 0.4) is 0 Å². The molecule has 3 aliphatic heterocycles. The first-order valence-corrected chi connectivity index (χ1v) is 16.3. The number of rotatable bonds is 15. The predicted molar refractivity (Wildman–Crippen MR) is 172 cm³/mol. The number of carbonyl (C=O) groups is 4.